The fourth-order valence-corrected chi connectivity index (χ4v) is 2.90. The van der Waals surface area contributed by atoms with E-state index in [1.54, 1.807) is 4.80 Å². The Hall–Kier alpha value is -1.75. The molecule has 19 heavy (non-hydrogen) atoms. The zero-order valence-electron chi connectivity index (χ0n) is 11.2. The Balaban J connectivity index is 1.96. The molecule has 0 bridgehead atoms. The van der Waals surface area contributed by atoms with E-state index in [4.69, 9.17) is 0 Å². The maximum absolute atomic E-state index is 4.26. The summed E-state index contributed by atoms with van der Waals surface area (Å²) >= 11 is 0. The van der Waals surface area contributed by atoms with Crippen LogP contribution in [0.5, 0.6) is 0 Å². The minimum absolute atomic E-state index is 0.176. The minimum Gasteiger partial charge on any atom is -0.316 e. The average Bonchev–Trinajstić information content (AvgIpc) is 2.94. The van der Waals surface area contributed by atoms with E-state index in [2.05, 4.69) is 51.9 Å². The number of rotatable bonds is 3. The predicted molar refractivity (Wildman–Crippen MR) is 72.7 cm³/mol. The van der Waals surface area contributed by atoms with E-state index < -0.39 is 0 Å². The average molecular weight is 257 g/mol. The van der Waals surface area contributed by atoms with Gasteiger partial charge in [-0.3, -0.25) is 0 Å². The molecule has 0 amide bonds. The van der Waals surface area contributed by atoms with Crippen molar-refractivity contribution in [3.05, 3.63) is 41.7 Å². The molecule has 5 nitrogen and oxygen atoms in total. The number of piperidine rings is 1. The van der Waals surface area contributed by atoms with Crippen LogP contribution in [0.1, 0.15) is 30.0 Å². The predicted octanol–water partition coefficient (Wildman–Crippen LogP) is 1.57. The summed E-state index contributed by atoms with van der Waals surface area (Å²) in [4.78, 5) is 1.76. The van der Waals surface area contributed by atoms with Gasteiger partial charge in [-0.1, -0.05) is 29.8 Å². The van der Waals surface area contributed by atoms with Gasteiger partial charge < -0.3 is 5.32 Å². The first-order valence-corrected chi connectivity index (χ1v) is 6.84. The van der Waals surface area contributed by atoms with E-state index in [1.807, 2.05) is 0 Å². The highest BCUT2D eigenvalue weighted by Gasteiger charge is 2.28. The Morgan fingerprint density at radius 2 is 2.37 bits per heavy atom. The lowest BCUT2D eigenvalue weighted by atomic mass is 9.87. The van der Waals surface area contributed by atoms with Crippen molar-refractivity contribution in [1.82, 2.24) is 25.5 Å². The van der Waals surface area contributed by atoms with Gasteiger partial charge in [0.05, 0.1) is 0 Å². The van der Waals surface area contributed by atoms with Gasteiger partial charge in [0, 0.05) is 6.54 Å². The standard InChI is InChI=1S/C14H19N5/c1-11-4-2-5-12(8-11)14(19-17-10-16-18-19)13-6-3-7-15-9-13/h2,4-5,8,10,13-15H,3,6-7,9H2,1H3/t13-,14+/m0/s1. The molecule has 2 aromatic rings. The third-order valence-electron chi connectivity index (χ3n) is 3.78. The van der Waals surface area contributed by atoms with Crippen molar-refractivity contribution < 1.29 is 0 Å². The van der Waals surface area contributed by atoms with Crippen LogP contribution in [-0.4, -0.2) is 33.3 Å². The number of aryl methyl sites for hydroxylation is 1. The van der Waals surface area contributed by atoms with Crippen molar-refractivity contribution in [2.45, 2.75) is 25.8 Å². The molecule has 1 aliphatic rings. The number of hydrogen-bond acceptors (Lipinski definition) is 4. The Labute approximate surface area is 113 Å². The normalized spacial score (nSPS) is 21.2. The Kier molecular flexibility index (Phi) is 3.55. The number of benzene rings is 1. The lowest BCUT2D eigenvalue weighted by Crippen LogP contribution is -2.36. The highest BCUT2D eigenvalue weighted by molar-refractivity contribution is 5.26. The first kappa shape index (κ1) is 12.3. The molecule has 2 heterocycles. The maximum atomic E-state index is 4.26. The highest BCUT2D eigenvalue weighted by Crippen LogP contribution is 2.30. The molecule has 0 spiro atoms. The van der Waals surface area contributed by atoms with Crippen molar-refractivity contribution in [3.63, 3.8) is 0 Å². The number of nitrogens with one attached hydrogen (secondary N) is 1. The molecule has 100 valence electrons. The van der Waals surface area contributed by atoms with Gasteiger partial charge in [-0.2, -0.15) is 4.80 Å². The molecule has 3 rings (SSSR count). The molecule has 1 aliphatic heterocycles. The fraction of sp³-hybridized carbons (Fsp3) is 0.500. The van der Waals surface area contributed by atoms with Gasteiger partial charge in [-0.15, -0.1) is 10.2 Å². The molecular formula is C14H19N5. The van der Waals surface area contributed by atoms with Crippen LogP contribution in [0.25, 0.3) is 0 Å². The zero-order valence-corrected chi connectivity index (χ0v) is 11.2. The van der Waals surface area contributed by atoms with Crippen molar-refractivity contribution >= 4 is 0 Å². The summed E-state index contributed by atoms with van der Waals surface area (Å²) in [6, 6.07) is 8.78. The van der Waals surface area contributed by atoms with E-state index >= 15 is 0 Å². The second-order valence-electron chi connectivity index (χ2n) is 5.22. The van der Waals surface area contributed by atoms with Crippen LogP contribution < -0.4 is 5.32 Å². The Morgan fingerprint density at radius 1 is 1.42 bits per heavy atom. The summed E-state index contributed by atoms with van der Waals surface area (Å²) < 4.78 is 0. The molecule has 1 fully saturated rings. The quantitative estimate of drug-likeness (QED) is 0.907. The van der Waals surface area contributed by atoms with E-state index in [1.165, 1.54) is 30.3 Å². The van der Waals surface area contributed by atoms with E-state index in [9.17, 15) is 0 Å². The second-order valence-corrected chi connectivity index (χ2v) is 5.22. The fourth-order valence-electron chi connectivity index (χ4n) is 2.90. The molecule has 0 saturated carbocycles. The summed E-state index contributed by atoms with van der Waals surface area (Å²) in [5.74, 6) is 0.518. The van der Waals surface area contributed by atoms with Gasteiger partial charge in [0.2, 0.25) is 0 Å². The SMILES string of the molecule is Cc1cccc([C@H]([C@H]2CCCNC2)n2ncnn2)c1. The summed E-state index contributed by atoms with van der Waals surface area (Å²) in [6.07, 6.45) is 3.92. The maximum Gasteiger partial charge on any atom is 0.162 e. The molecule has 0 unspecified atom stereocenters. The number of aromatic nitrogens is 4. The van der Waals surface area contributed by atoms with Crippen molar-refractivity contribution in [2.75, 3.05) is 13.1 Å². The van der Waals surface area contributed by atoms with Gasteiger partial charge in [0.15, 0.2) is 6.33 Å². The van der Waals surface area contributed by atoms with Crippen LogP contribution in [0.3, 0.4) is 0 Å². The van der Waals surface area contributed by atoms with E-state index in [0.29, 0.717) is 5.92 Å². The molecule has 1 saturated heterocycles. The molecule has 2 atom stereocenters. The largest absolute Gasteiger partial charge is 0.316 e. The van der Waals surface area contributed by atoms with E-state index in [0.717, 1.165) is 13.1 Å². The summed E-state index contributed by atoms with van der Waals surface area (Å²) in [7, 11) is 0. The van der Waals surface area contributed by atoms with Crippen LogP contribution in [0.4, 0.5) is 0 Å². The lowest BCUT2D eigenvalue weighted by Gasteiger charge is -2.30. The lowest BCUT2D eigenvalue weighted by molar-refractivity contribution is 0.261. The second kappa shape index (κ2) is 5.48. The van der Waals surface area contributed by atoms with Gasteiger partial charge in [0.25, 0.3) is 0 Å². The number of hydrogen-bond donors (Lipinski definition) is 1. The molecule has 0 aliphatic carbocycles. The van der Waals surface area contributed by atoms with Gasteiger partial charge >= 0.3 is 0 Å². The molecule has 1 aromatic carbocycles. The van der Waals surface area contributed by atoms with Crippen molar-refractivity contribution in [1.29, 1.82) is 0 Å². The first-order valence-electron chi connectivity index (χ1n) is 6.84. The molecule has 0 radical (unpaired) electrons. The topological polar surface area (TPSA) is 55.6 Å². The Morgan fingerprint density at radius 3 is 3.05 bits per heavy atom. The highest BCUT2D eigenvalue weighted by atomic mass is 15.6. The minimum atomic E-state index is 0.176. The first-order chi connectivity index (χ1) is 9.34. The van der Waals surface area contributed by atoms with Gasteiger partial charge in [-0.05, 0) is 43.0 Å². The van der Waals surface area contributed by atoms with Crippen molar-refractivity contribution in [2.24, 2.45) is 5.92 Å². The van der Waals surface area contributed by atoms with Gasteiger partial charge in [-0.25, -0.2) is 0 Å². The monoisotopic (exact) mass is 257 g/mol. The van der Waals surface area contributed by atoms with Crippen molar-refractivity contribution in [3.8, 4) is 0 Å². The van der Waals surface area contributed by atoms with Crippen LogP contribution >= 0.6 is 0 Å². The molecule has 1 N–H and O–H groups in total. The number of tetrazole rings is 1. The molecule has 5 heteroatoms. The third kappa shape index (κ3) is 2.66. The van der Waals surface area contributed by atoms with Crippen LogP contribution in [0.15, 0.2) is 30.6 Å². The zero-order chi connectivity index (χ0) is 13.1. The smallest absolute Gasteiger partial charge is 0.162 e. The van der Waals surface area contributed by atoms with Gasteiger partial charge in [0.1, 0.15) is 6.04 Å². The summed E-state index contributed by atoms with van der Waals surface area (Å²) in [6.45, 7) is 4.25. The molecule has 1 aromatic heterocycles. The van der Waals surface area contributed by atoms with Crippen LogP contribution in [0.2, 0.25) is 0 Å². The van der Waals surface area contributed by atoms with Crippen LogP contribution in [0, 0.1) is 12.8 Å². The van der Waals surface area contributed by atoms with E-state index in [-0.39, 0.29) is 6.04 Å². The summed E-state index contributed by atoms with van der Waals surface area (Å²) in [5, 5.41) is 15.7. The third-order valence-corrected chi connectivity index (χ3v) is 3.78. The van der Waals surface area contributed by atoms with Crippen LogP contribution in [-0.2, 0) is 0 Å². The summed E-state index contributed by atoms with van der Waals surface area (Å²) in [5.41, 5.74) is 2.54. The Bertz CT molecular complexity index is 516. The molecular weight excluding hydrogens is 238 g/mol. The number of nitrogens with zero attached hydrogens (tertiary/aromatic N) is 4.